The first kappa shape index (κ1) is 14.2. The average molecular weight is 279 g/mol. The van der Waals surface area contributed by atoms with Gasteiger partial charge in [0.1, 0.15) is 5.28 Å². The Bertz CT molecular complexity index is 463. The Labute approximate surface area is 116 Å². The second-order valence-electron chi connectivity index (χ2n) is 5.14. The number of allylic oxidation sites excluding steroid dienone is 1. The van der Waals surface area contributed by atoms with Gasteiger partial charge < -0.3 is 14.8 Å². The summed E-state index contributed by atoms with van der Waals surface area (Å²) in [5, 5.41) is 2.65. The maximum atomic E-state index is 12.9. The number of nitrogens with zero attached hydrogens (tertiary/aromatic N) is 2. The summed E-state index contributed by atoms with van der Waals surface area (Å²) in [5.41, 5.74) is 1.65. The Morgan fingerprint density at radius 1 is 1.32 bits per heavy atom. The summed E-state index contributed by atoms with van der Waals surface area (Å²) in [6.07, 6.45) is 5.62. The molecule has 2 unspecified atom stereocenters. The molecule has 2 aliphatic heterocycles. The third-order valence-corrected chi connectivity index (χ3v) is 6.15. The zero-order valence-electron chi connectivity index (χ0n) is 11.5. The first-order chi connectivity index (χ1) is 8.97. The average Bonchev–Trinajstić information content (AvgIpc) is 2.42. The quantitative estimate of drug-likeness (QED) is 0.803. The molecule has 5 heteroatoms. The molecule has 1 fully saturated rings. The Hall–Kier alpha value is -1.25. The highest BCUT2D eigenvalue weighted by Crippen LogP contribution is 2.47. The number of hydrogen-bond donors (Lipinski definition) is 1. The Balaban J connectivity index is 2.11. The van der Waals surface area contributed by atoms with Crippen molar-refractivity contribution in [2.24, 2.45) is 0 Å². The van der Waals surface area contributed by atoms with Gasteiger partial charge in [-0.1, -0.05) is 25.8 Å². The van der Waals surface area contributed by atoms with E-state index in [0.717, 1.165) is 37.4 Å². The van der Waals surface area contributed by atoms with Crippen LogP contribution < -0.4 is 5.32 Å². The van der Waals surface area contributed by atoms with E-state index in [-0.39, 0.29) is 0 Å². The van der Waals surface area contributed by atoms with Gasteiger partial charge in [0.2, 0.25) is 0 Å². The van der Waals surface area contributed by atoms with Gasteiger partial charge in [-0.05, 0) is 24.8 Å². The largest absolute Gasteiger partial charge is 0.375 e. The molecule has 0 saturated carbocycles. The first-order valence-electron chi connectivity index (χ1n) is 6.48. The minimum Gasteiger partial charge on any atom is -0.375 e. The van der Waals surface area contributed by atoms with Gasteiger partial charge in [-0.3, -0.25) is 0 Å². The summed E-state index contributed by atoms with van der Waals surface area (Å²) in [6, 6.07) is 0. The van der Waals surface area contributed by atoms with Crippen molar-refractivity contribution in [1.82, 2.24) is 14.9 Å². The van der Waals surface area contributed by atoms with E-state index in [1.165, 1.54) is 0 Å². The standard InChI is InChI=1S/C14H22N3OP/c1-5-16-8-10-17(11-9-16)19(18)14(4)12(2)6-7-13(3)15-14/h5-7,15,19H,1-3,8-11H2,4H3. The maximum absolute atomic E-state index is 12.9. The molecule has 0 amide bonds. The van der Waals surface area contributed by atoms with E-state index < -0.39 is 13.2 Å². The van der Waals surface area contributed by atoms with Crippen LogP contribution in [0.4, 0.5) is 0 Å². The van der Waals surface area contributed by atoms with Gasteiger partial charge in [0.05, 0.1) is 0 Å². The van der Waals surface area contributed by atoms with Gasteiger partial charge in [-0.2, -0.15) is 0 Å². The number of piperazine rings is 1. The predicted molar refractivity (Wildman–Crippen MR) is 81.3 cm³/mol. The molecular weight excluding hydrogens is 257 g/mol. The van der Waals surface area contributed by atoms with E-state index in [1.807, 2.05) is 25.3 Å². The Kier molecular flexibility index (Phi) is 4.02. The van der Waals surface area contributed by atoms with Crippen molar-refractivity contribution in [2.75, 3.05) is 26.2 Å². The maximum Gasteiger partial charge on any atom is 0.167 e. The molecule has 1 saturated heterocycles. The van der Waals surface area contributed by atoms with Crippen LogP contribution in [-0.2, 0) is 4.57 Å². The van der Waals surface area contributed by atoms with Crippen molar-refractivity contribution in [2.45, 2.75) is 12.2 Å². The van der Waals surface area contributed by atoms with Crippen molar-refractivity contribution >= 4 is 7.95 Å². The summed E-state index contributed by atoms with van der Waals surface area (Å²) >= 11 is 0. The monoisotopic (exact) mass is 279 g/mol. The van der Waals surface area contributed by atoms with Gasteiger partial charge in [-0.15, -0.1) is 0 Å². The van der Waals surface area contributed by atoms with Gasteiger partial charge in [0, 0.05) is 31.9 Å². The minimum absolute atomic E-state index is 0.590. The highest BCUT2D eigenvalue weighted by molar-refractivity contribution is 7.44. The summed E-state index contributed by atoms with van der Waals surface area (Å²) in [7, 11) is -2.00. The van der Waals surface area contributed by atoms with Gasteiger partial charge >= 0.3 is 0 Å². The fraction of sp³-hybridized carbons (Fsp3) is 0.429. The van der Waals surface area contributed by atoms with Gasteiger partial charge in [0.25, 0.3) is 0 Å². The molecule has 2 aliphatic rings. The van der Waals surface area contributed by atoms with E-state index in [9.17, 15) is 4.57 Å². The van der Waals surface area contributed by atoms with Crippen LogP contribution in [0.2, 0.25) is 0 Å². The molecule has 2 heterocycles. The number of hydrogen-bond acceptors (Lipinski definition) is 3. The molecule has 2 atom stereocenters. The van der Waals surface area contributed by atoms with E-state index in [2.05, 4.69) is 34.6 Å². The van der Waals surface area contributed by atoms with Crippen molar-refractivity contribution in [3.05, 3.63) is 49.4 Å². The van der Waals surface area contributed by atoms with Crippen LogP contribution in [0, 0.1) is 0 Å². The summed E-state index contributed by atoms with van der Waals surface area (Å²) in [4.78, 5) is 2.15. The molecule has 0 radical (unpaired) electrons. The van der Waals surface area contributed by atoms with E-state index in [1.54, 1.807) is 0 Å². The van der Waals surface area contributed by atoms with Crippen molar-refractivity contribution in [1.29, 1.82) is 0 Å². The number of nitrogens with one attached hydrogen (secondary N) is 1. The van der Waals surface area contributed by atoms with E-state index >= 15 is 0 Å². The molecule has 0 aromatic rings. The predicted octanol–water partition coefficient (Wildman–Crippen LogP) is 2.17. The smallest absolute Gasteiger partial charge is 0.167 e. The van der Waals surface area contributed by atoms with Crippen LogP contribution in [0.3, 0.4) is 0 Å². The van der Waals surface area contributed by atoms with Crippen molar-refractivity contribution in [3.63, 3.8) is 0 Å². The molecule has 0 aromatic carbocycles. The molecule has 104 valence electrons. The van der Waals surface area contributed by atoms with Gasteiger partial charge in [0.15, 0.2) is 7.95 Å². The normalized spacial score (nSPS) is 30.1. The van der Waals surface area contributed by atoms with Crippen LogP contribution in [0.1, 0.15) is 6.92 Å². The highest BCUT2D eigenvalue weighted by Gasteiger charge is 2.39. The van der Waals surface area contributed by atoms with Crippen molar-refractivity contribution < 1.29 is 4.57 Å². The molecule has 0 bridgehead atoms. The lowest BCUT2D eigenvalue weighted by Gasteiger charge is -2.42. The Morgan fingerprint density at radius 2 is 1.95 bits per heavy atom. The first-order valence-corrected chi connectivity index (χ1v) is 7.83. The van der Waals surface area contributed by atoms with E-state index in [4.69, 9.17) is 0 Å². The molecule has 19 heavy (non-hydrogen) atoms. The number of rotatable bonds is 3. The zero-order chi connectivity index (χ0) is 14.0. The van der Waals surface area contributed by atoms with E-state index in [0.29, 0.717) is 0 Å². The van der Waals surface area contributed by atoms with Crippen LogP contribution in [0.15, 0.2) is 49.4 Å². The second-order valence-corrected chi connectivity index (χ2v) is 7.39. The third kappa shape index (κ3) is 2.70. The lowest BCUT2D eigenvalue weighted by atomic mass is 10.1. The summed E-state index contributed by atoms with van der Waals surface area (Å²) < 4.78 is 15.0. The van der Waals surface area contributed by atoms with Crippen LogP contribution in [0.25, 0.3) is 0 Å². The molecule has 0 spiro atoms. The summed E-state index contributed by atoms with van der Waals surface area (Å²) in [5.74, 6) is 0. The van der Waals surface area contributed by atoms with Crippen LogP contribution in [-0.4, -0.2) is 41.0 Å². The van der Waals surface area contributed by atoms with Gasteiger partial charge in [-0.25, -0.2) is 4.67 Å². The summed E-state index contributed by atoms with van der Waals surface area (Å²) in [6.45, 7) is 17.0. The lowest BCUT2D eigenvalue weighted by molar-refractivity contribution is 0.243. The second kappa shape index (κ2) is 5.40. The molecular formula is C14H22N3OP. The fourth-order valence-electron chi connectivity index (χ4n) is 2.43. The fourth-order valence-corrected chi connectivity index (χ4v) is 4.29. The molecule has 4 nitrogen and oxygen atoms in total. The molecule has 2 rings (SSSR count). The molecule has 0 aliphatic carbocycles. The topological polar surface area (TPSA) is 35.6 Å². The van der Waals surface area contributed by atoms with Crippen molar-refractivity contribution in [3.8, 4) is 0 Å². The highest BCUT2D eigenvalue weighted by atomic mass is 31.1. The SMILES string of the molecule is C=CN1CCN([PH](=O)C2(C)NC(=C)C=CC2=C)CC1. The lowest BCUT2D eigenvalue weighted by Crippen LogP contribution is -2.48. The third-order valence-electron chi connectivity index (χ3n) is 3.83. The minimum atomic E-state index is -2.00. The van der Waals surface area contributed by atoms with Crippen LogP contribution >= 0.6 is 7.95 Å². The van der Waals surface area contributed by atoms with Crippen LogP contribution in [0.5, 0.6) is 0 Å². The Morgan fingerprint density at radius 3 is 2.53 bits per heavy atom. The zero-order valence-corrected chi connectivity index (χ0v) is 12.5. The molecule has 1 N–H and O–H groups in total. The molecule has 0 aromatic heterocycles.